The Bertz CT molecular complexity index is 219. The zero-order valence-electron chi connectivity index (χ0n) is 11.3. The number of hydrogen-bond acceptors (Lipinski definition) is 3. The molecule has 108 valence electrons. The molecule has 0 aromatic carbocycles. The number of rotatable bonds is 4. The predicted octanol–water partition coefficient (Wildman–Crippen LogP) is 3.10. The normalized spacial score (nSPS) is 8.06. The first-order chi connectivity index (χ1) is 8.44. The maximum absolute atomic E-state index is 7.06. The minimum absolute atomic E-state index is 0.690. The summed E-state index contributed by atoms with van der Waals surface area (Å²) in [5, 5.41) is 0. The molecule has 0 N–H and O–H groups in total. The van der Waals surface area contributed by atoms with Crippen LogP contribution in [0.2, 0.25) is 0 Å². The van der Waals surface area contributed by atoms with Crippen LogP contribution in [0.3, 0.4) is 0 Å². The molecular formula is C10H22N3ReS4. The first-order valence-corrected chi connectivity index (χ1v) is 8.49. The summed E-state index contributed by atoms with van der Waals surface area (Å²) in [6.07, 6.45) is 0. The fourth-order valence-electron chi connectivity index (χ4n) is 0.988. The molecule has 0 bridgehead atoms. The van der Waals surface area contributed by atoms with Gasteiger partial charge in [-0.25, -0.2) is 0 Å². The monoisotopic (exact) mass is 499 g/mol. The Kier molecular flexibility index (Phi) is 23.7. The predicted molar refractivity (Wildman–Crippen MR) is 90.7 cm³/mol. The summed E-state index contributed by atoms with van der Waals surface area (Å²) >= 11 is 18.4. The van der Waals surface area contributed by atoms with E-state index in [0.29, 0.717) is 8.64 Å². The molecule has 0 rings (SSSR count). The van der Waals surface area contributed by atoms with E-state index in [2.05, 4.69) is 53.0 Å². The molecule has 0 aromatic rings. The van der Waals surface area contributed by atoms with E-state index in [9.17, 15) is 0 Å². The van der Waals surface area contributed by atoms with Crippen LogP contribution < -0.4 is 0 Å². The van der Waals surface area contributed by atoms with Crippen molar-refractivity contribution in [1.82, 2.24) is 9.80 Å². The summed E-state index contributed by atoms with van der Waals surface area (Å²) in [6.45, 7) is 12.1. The summed E-state index contributed by atoms with van der Waals surface area (Å²) < 4.78 is 8.44. The van der Waals surface area contributed by atoms with Crippen molar-refractivity contribution in [3.05, 3.63) is 0 Å². The Morgan fingerprint density at radius 1 is 0.833 bits per heavy atom. The van der Waals surface area contributed by atoms with Gasteiger partial charge in [-0.05, 0) is 27.7 Å². The number of thiol groups is 2. The van der Waals surface area contributed by atoms with Crippen LogP contribution in [0.5, 0.6) is 0 Å². The van der Waals surface area contributed by atoms with Crippen molar-refractivity contribution >= 4 is 58.3 Å². The van der Waals surface area contributed by atoms with Gasteiger partial charge in [-0.1, -0.05) is 24.4 Å². The summed E-state index contributed by atoms with van der Waals surface area (Å²) in [6, 6.07) is 0. The van der Waals surface area contributed by atoms with Crippen LogP contribution in [0.25, 0.3) is 0 Å². The van der Waals surface area contributed by atoms with Gasteiger partial charge < -0.3 is 9.80 Å². The zero-order valence-corrected chi connectivity index (χ0v) is 17.4. The second-order valence-corrected chi connectivity index (χ2v) is 5.14. The average Bonchev–Trinajstić information content (AvgIpc) is 2.34. The van der Waals surface area contributed by atoms with Crippen molar-refractivity contribution in [1.29, 1.82) is 3.80 Å². The van der Waals surface area contributed by atoms with Crippen molar-refractivity contribution in [2.45, 2.75) is 27.7 Å². The van der Waals surface area contributed by atoms with Crippen molar-refractivity contribution in [2.75, 3.05) is 26.2 Å². The van der Waals surface area contributed by atoms with E-state index in [-0.39, 0.29) is 0 Å². The molecule has 0 heterocycles. The van der Waals surface area contributed by atoms with Crippen LogP contribution in [-0.2, 0) is 18.8 Å². The van der Waals surface area contributed by atoms with Crippen molar-refractivity contribution in [2.24, 2.45) is 0 Å². The zero-order chi connectivity index (χ0) is 15.1. The number of hydrogen-bond donors (Lipinski definition) is 2. The number of nitrogens with zero attached hydrogens (tertiary/aromatic N) is 3. The molecule has 0 fully saturated rings. The van der Waals surface area contributed by atoms with Gasteiger partial charge in [0.2, 0.25) is 0 Å². The molecule has 0 spiro atoms. The third kappa shape index (κ3) is 14.9. The van der Waals surface area contributed by atoms with E-state index >= 15 is 0 Å². The van der Waals surface area contributed by atoms with E-state index < -0.39 is 0 Å². The molecular weight excluding hydrogens is 477 g/mol. The van der Waals surface area contributed by atoms with Gasteiger partial charge in [0.1, 0.15) is 8.64 Å². The SMILES string of the molecule is CCN(CC)C(=S)S.CCN(CC)C(=S)S.[N]#[Re]. The van der Waals surface area contributed by atoms with Gasteiger partial charge >= 0.3 is 22.6 Å². The van der Waals surface area contributed by atoms with Gasteiger partial charge in [0.25, 0.3) is 0 Å². The third-order valence-electron chi connectivity index (χ3n) is 2.07. The molecule has 0 amide bonds. The Labute approximate surface area is 144 Å². The van der Waals surface area contributed by atoms with Crippen molar-refractivity contribution < 1.29 is 18.8 Å². The molecule has 0 aliphatic heterocycles. The topological polar surface area (TPSA) is 30.3 Å². The van der Waals surface area contributed by atoms with Crippen LogP contribution in [0.1, 0.15) is 27.7 Å². The summed E-state index contributed by atoms with van der Waals surface area (Å²) in [7, 11) is 0. The summed E-state index contributed by atoms with van der Waals surface area (Å²) in [5.41, 5.74) is 0. The van der Waals surface area contributed by atoms with E-state index in [4.69, 9.17) is 28.2 Å². The Morgan fingerprint density at radius 2 is 1.00 bits per heavy atom. The van der Waals surface area contributed by atoms with Crippen LogP contribution in [-0.4, -0.2) is 44.6 Å². The molecule has 0 unspecified atom stereocenters. The molecule has 3 nitrogen and oxygen atoms in total. The molecule has 0 aliphatic carbocycles. The van der Waals surface area contributed by atoms with Crippen LogP contribution in [0.15, 0.2) is 0 Å². The van der Waals surface area contributed by atoms with Gasteiger partial charge in [-0.3, -0.25) is 0 Å². The second-order valence-electron chi connectivity index (χ2n) is 2.91. The third-order valence-corrected chi connectivity index (χ3v) is 3.15. The molecule has 0 saturated carbocycles. The average molecular weight is 499 g/mol. The minimum atomic E-state index is 0.690. The van der Waals surface area contributed by atoms with E-state index in [1.54, 1.807) is 0 Å². The first-order valence-electron chi connectivity index (χ1n) is 5.57. The Hall–Kier alpha value is 0.852. The fourth-order valence-corrected chi connectivity index (χ4v) is 2.07. The Morgan fingerprint density at radius 3 is 1.00 bits per heavy atom. The van der Waals surface area contributed by atoms with E-state index in [1.165, 1.54) is 0 Å². The first kappa shape index (κ1) is 23.9. The van der Waals surface area contributed by atoms with Crippen molar-refractivity contribution in [3.63, 3.8) is 0 Å². The Balaban J connectivity index is -0.000000219. The molecule has 0 aliphatic rings. The molecule has 18 heavy (non-hydrogen) atoms. The van der Waals surface area contributed by atoms with Crippen LogP contribution >= 0.6 is 49.7 Å². The molecule has 0 radical (unpaired) electrons. The van der Waals surface area contributed by atoms with Gasteiger partial charge in [-0.2, -0.15) is 0 Å². The molecule has 0 atom stereocenters. The van der Waals surface area contributed by atoms with Crippen molar-refractivity contribution in [3.8, 4) is 0 Å². The number of thiocarbonyl (C=S) groups is 2. The molecule has 0 aromatic heterocycles. The quantitative estimate of drug-likeness (QED) is 0.460. The summed E-state index contributed by atoms with van der Waals surface area (Å²) in [5.74, 6) is 0. The van der Waals surface area contributed by atoms with Gasteiger partial charge in [0, 0.05) is 26.2 Å². The molecule has 0 saturated heterocycles. The standard InChI is InChI=1S/2C5H11NS2.N.Re/c2*1-3-6(4-2)5(7)8;;/h2*3-4H2,1-2H3,(H,7,8);;. The van der Waals surface area contributed by atoms with Gasteiger partial charge in [-0.15, -0.1) is 25.3 Å². The molecule has 8 heteroatoms. The van der Waals surface area contributed by atoms with Crippen LogP contribution in [0.4, 0.5) is 0 Å². The second kappa shape index (κ2) is 17.9. The fraction of sp³-hybridized carbons (Fsp3) is 0.800. The maximum atomic E-state index is 7.06. The summed E-state index contributed by atoms with van der Waals surface area (Å²) in [4.78, 5) is 4.02. The van der Waals surface area contributed by atoms with Gasteiger partial charge in [0.05, 0.1) is 0 Å². The van der Waals surface area contributed by atoms with E-state index in [1.807, 2.05) is 9.80 Å². The van der Waals surface area contributed by atoms with E-state index in [0.717, 1.165) is 45.0 Å². The van der Waals surface area contributed by atoms with Gasteiger partial charge in [0.15, 0.2) is 0 Å². The van der Waals surface area contributed by atoms with Crippen LogP contribution in [0, 0.1) is 3.80 Å².